The van der Waals surface area contributed by atoms with Gasteiger partial charge in [-0.05, 0) is 37.1 Å². The largest absolute Gasteiger partial charge is 0.395 e. The van der Waals surface area contributed by atoms with E-state index in [0.717, 1.165) is 18.4 Å². The first-order valence-electron chi connectivity index (χ1n) is 7.52. The number of amides is 1. The number of aliphatic hydroxyl groups excluding tert-OH is 1. The maximum Gasteiger partial charge on any atom is 0.240 e. The molecule has 1 amide bonds. The molecule has 1 aromatic heterocycles. The number of rotatable bonds is 7. The monoisotopic (exact) mass is 335 g/mol. The van der Waals surface area contributed by atoms with Crippen molar-refractivity contribution in [1.82, 2.24) is 9.88 Å². The Hall–Kier alpha value is -1.83. The van der Waals surface area contributed by atoms with E-state index in [1.165, 1.54) is 23.5 Å². The van der Waals surface area contributed by atoms with Crippen LogP contribution in [0.1, 0.15) is 12.8 Å². The summed E-state index contributed by atoms with van der Waals surface area (Å²) in [6.07, 6.45) is 2.17. The van der Waals surface area contributed by atoms with Crippen molar-refractivity contribution in [2.24, 2.45) is 0 Å². The van der Waals surface area contributed by atoms with Crippen molar-refractivity contribution in [2.45, 2.75) is 18.9 Å². The van der Waals surface area contributed by atoms with Crippen molar-refractivity contribution in [3.63, 3.8) is 0 Å². The van der Waals surface area contributed by atoms with E-state index in [0.29, 0.717) is 23.4 Å². The molecular weight excluding hydrogens is 317 g/mol. The SMILES string of the molecule is O=C(CN(CCO)C1CC1)Nc1nc(-c2ccc(F)cc2)cs1. The molecule has 0 spiro atoms. The topological polar surface area (TPSA) is 65.5 Å². The second kappa shape index (κ2) is 7.16. The third-order valence-electron chi connectivity index (χ3n) is 3.69. The van der Waals surface area contributed by atoms with Gasteiger partial charge in [0.25, 0.3) is 0 Å². The third-order valence-corrected chi connectivity index (χ3v) is 4.45. The highest BCUT2D eigenvalue weighted by Gasteiger charge is 2.29. The number of aromatic nitrogens is 1. The van der Waals surface area contributed by atoms with E-state index in [9.17, 15) is 9.18 Å². The van der Waals surface area contributed by atoms with Gasteiger partial charge in [0.1, 0.15) is 5.82 Å². The molecule has 1 saturated carbocycles. The van der Waals surface area contributed by atoms with Crippen LogP contribution in [0.25, 0.3) is 11.3 Å². The molecule has 5 nitrogen and oxygen atoms in total. The van der Waals surface area contributed by atoms with E-state index < -0.39 is 0 Å². The summed E-state index contributed by atoms with van der Waals surface area (Å²) >= 11 is 1.34. The zero-order valence-corrected chi connectivity index (χ0v) is 13.4. The fraction of sp³-hybridized carbons (Fsp3) is 0.375. The van der Waals surface area contributed by atoms with Crippen molar-refractivity contribution in [1.29, 1.82) is 0 Å². The van der Waals surface area contributed by atoms with Gasteiger partial charge < -0.3 is 10.4 Å². The fourth-order valence-corrected chi connectivity index (χ4v) is 3.12. The van der Waals surface area contributed by atoms with Gasteiger partial charge in [-0.25, -0.2) is 9.37 Å². The standard InChI is InChI=1S/C16H18FN3O2S/c17-12-3-1-11(2-4-12)14-10-23-16(18-14)19-15(22)9-20(7-8-21)13-5-6-13/h1-4,10,13,21H,5-9H2,(H,18,19,22). The van der Waals surface area contributed by atoms with Crippen LogP contribution in [0, 0.1) is 5.82 Å². The second-order valence-corrected chi connectivity index (χ2v) is 6.38. The van der Waals surface area contributed by atoms with Gasteiger partial charge in [-0.1, -0.05) is 0 Å². The lowest BCUT2D eigenvalue weighted by Crippen LogP contribution is -2.36. The molecule has 0 saturated heterocycles. The van der Waals surface area contributed by atoms with Gasteiger partial charge in [0.05, 0.1) is 18.8 Å². The highest BCUT2D eigenvalue weighted by atomic mass is 32.1. The Labute approximate surface area is 137 Å². The van der Waals surface area contributed by atoms with Crippen molar-refractivity contribution >= 4 is 22.4 Å². The molecule has 2 aromatic rings. The highest BCUT2D eigenvalue weighted by molar-refractivity contribution is 7.14. The molecule has 0 aliphatic heterocycles. The molecule has 3 rings (SSSR count). The normalized spacial score (nSPS) is 14.2. The summed E-state index contributed by atoms with van der Waals surface area (Å²) in [6, 6.07) is 6.50. The molecule has 1 aliphatic rings. The number of nitrogens with zero attached hydrogens (tertiary/aromatic N) is 2. The lowest BCUT2D eigenvalue weighted by molar-refractivity contribution is -0.117. The number of aliphatic hydroxyl groups is 1. The summed E-state index contributed by atoms with van der Waals surface area (Å²) in [6.45, 7) is 0.823. The van der Waals surface area contributed by atoms with Crippen molar-refractivity contribution in [3.8, 4) is 11.3 Å². The van der Waals surface area contributed by atoms with Gasteiger partial charge in [-0.3, -0.25) is 9.69 Å². The number of thiazole rings is 1. The van der Waals surface area contributed by atoms with E-state index in [-0.39, 0.29) is 24.9 Å². The van der Waals surface area contributed by atoms with Crippen LogP contribution < -0.4 is 5.32 Å². The van der Waals surface area contributed by atoms with Crippen LogP contribution in [0.2, 0.25) is 0 Å². The maximum absolute atomic E-state index is 12.9. The van der Waals surface area contributed by atoms with E-state index >= 15 is 0 Å². The summed E-state index contributed by atoms with van der Waals surface area (Å²) in [5.74, 6) is -0.424. The zero-order valence-electron chi connectivity index (χ0n) is 12.5. The summed E-state index contributed by atoms with van der Waals surface area (Å²) < 4.78 is 12.9. The van der Waals surface area contributed by atoms with E-state index in [2.05, 4.69) is 10.3 Å². The molecule has 122 valence electrons. The Morgan fingerprint density at radius 2 is 2.13 bits per heavy atom. The molecule has 1 aliphatic carbocycles. The van der Waals surface area contributed by atoms with E-state index in [4.69, 9.17) is 5.11 Å². The number of halogens is 1. The van der Waals surface area contributed by atoms with Gasteiger partial charge in [-0.2, -0.15) is 0 Å². The van der Waals surface area contributed by atoms with Crippen LogP contribution in [0.4, 0.5) is 9.52 Å². The Balaban J connectivity index is 1.59. The molecular formula is C16H18FN3O2S. The van der Waals surface area contributed by atoms with Gasteiger partial charge >= 0.3 is 0 Å². The molecule has 1 fully saturated rings. The van der Waals surface area contributed by atoms with Gasteiger partial charge in [0, 0.05) is 23.5 Å². The van der Waals surface area contributed by atoms with Crippen molar-refractivity contribution in [2.75, 3.05) is 25.0 Å². The molecule has 1 aromatic carbocycles. The first-order valence-corrected chi connectivity index (χ1v) is 8.40. The summed E-state index contributed by atoms with van der Waals surface area (Å²) in [7, 11) is 0. The minimum atomic E-state index is -0.290. The number of nitrogens with one attached hydrogen (secondary N) is 1. The highest BCUT2D eigenvalue weighted by Crippen LogP contribution is 2.27. The smallest absolute Gasteiger partial charge is 0.240 e. The zero-order chi connectivity index (χ0) is 16.2. The van der Waals surface area contributed by atoms with Crippen molar-refractivity contribution < 1.29 is 14.3 Å². The number of carbonyl (C=O) groups excluding carboxylic acids is 1. The minimum Gasteiger partial charge on any atom is -0.395 e. The van der Waals surface area contributed by atoms with Gasteiger partial charge in [-0.15, -0.1) is 11.3 Å². The Bertz CT molecular complexity index is 670. The molecule has 23 heavy (non-hydrogen) atoms. The van der Waals surface area contributed by atoms with Crippen molar-refractivity contribution in [3.05, 3.63) is 35.5 Å². The second-order valence-electron chi connectivity index (χ2n) is 5.52. The number of carbonyl (C=O) groups is 1. The summed E-state index contributed by atoms with van der Waals surface area (Å²) in [5.41, 5.74) is 1.52. The van der Waals surface area contributed by atoms with Crippen LogP contribution in [-0.4, -0.2) is 46.6 Å². The van der Waals surface area contributed by atoms with E-state index in [1.54, 1.807) is 12.1 Å². The quantitative estimate of drug-likeness (QED) is 0.815. The average Bonchev–Trinajstić information content (AvgIpc) is 3.28. The Kier molecular flexibility index (Phi) is 5.00. The van der Waals surface area contributed by atoms with Crippen LogP contribution in [0.3, 0.4) is 0 Å². The molecule has 0 radical (unpaired) electrons. The lowest BCUT2D eigenvalue weighted by atomic mass is 10.2. The van der Waals surface area contributed by atoms with Crippen LogP contribution in [-0.2, 0) is 4.79 Å². The fourth-order valence-electron chi connectivity index (χ4n) is 2.39. The Morgan fingerprint density at radius 3 is 2.78 bits per heavy atom. The number of hydrogen-bond donors (Lipinski definition) is 2. The van der Waals surface area contributed by atoms with Gasteiger partial charge in [0.15, 0.2) is 5.13 Å². The predicted octanol–water partition coefficient (Wildman–Crippen LogP) is 2.34. The molecule has 7 heteroatoms. The molecule has 1 heterocycles. The molecule has 0 atom stereocenters. The molecule has 2 N–H and O–H groups in total. The van der Waals surface area contributed by atoms with Crippen LogP contribution >= 0.6 is 11.3 Å². The Morgan fingerprint density at radius 1 is 1.39 bits per heavy atom. The first kappa shape index (κ1) is 16.0. The predicted molar refractivity (Wildman–Crippen MR) is 87.8 cm³/mol. The number of anilines is 1. The number of hydrogen-bond acceptors (Lipinski definition) is 5. The maximum atomic E-state index is 12.9. The van der Waals surface area contributed by atoms with Crippen LogP contribution in [0.5, 0.6) is 0 Å². The average molecular weight is 335 g/mol. The molecule has 0 bridgehead atoms. The summed E-state index contributed by atoms with van der Waals surface area (Å²) in [5, 5.41) is 14.2. The third kappa shape index (κ3) is 4.34. The van der Waals surface area contributed by atoms with Gasteiger partial charge in [0.2, 0.25) is 5.91 Å². The van der Waals surface area contributed by atoms with Crippen LogP contribution in [0.15, 0.2) is 29.6 Å². The summed E-state index contributed by atoms with van der Waals surface area (Å²) in [4.78, 5) is 18.5. The lowest BCUT2D eigenvalue weighted by Gasteiger charge is -2.19. The minimum absolute atomic E-state index is 0.0513. The number of benzene rings is 1. The molecule has 0 unspecified atom stereocenters. The first-order chi connectivity index (χ1) is 11.2. The van der Waals surface area contributed by atoms with E-state index in [1.807, 2.05) is 10.3 Å².